The van der Waals surface area contributed by atoms with Crippen LogP contribution in [0.5, 0.6) is 5.75 Å². The molecule has 4 heterocycles. The van der Waals surface area contributed by atoms with Gasteiger partial charge >= 0.3 is 12.1 Å². The lowest BCUT2D eigenvalue weighted by Crippen LogP contribution is -2.33. The second kappa shape index (κ2) is 11.7. The largest absolute Gasteiger partial charge is 0.491 e. The predicted octanol–water partition coefficient (Wildman–Crippen LogP) is 3.46. The Balaban J connectivity index is 1.07. The predicted molar refractivity (Wildman–Crippen MR) is 154 cm³/mol. The van der Waals surface area contributed by atoms with Gasteiger partial charge in [-0.3, -0.25) is 14.5 Å². The number of hydrogen-bond donors (Lipinski definition) is 2. The molecule has 3 fully saturated rings. The Morgan fingerprint density at radius 1 is 1.14 bits per heavy atom. The number of amides is 2. The van der Waals surface area contributed by atoms with Gasteiger partial charge in [0.25, 0.3) is 0 Å². The minimum absolute atomic E-state index is 0.0241. The molecule has 3 aliphatic rings. The zero-order valence-corrected chi connectivity index (χ0v) is 23.9. The van der Waals surface area contributed by atoms with Crippen LogP contribution in [0.15, 0.2) is 35.3 Å². The summed E-state index contributed by atoms with van der Waals surface area (Å²) in [5, 5.41) is 12.0. The fourth-order valence-corrected chi connectivity index (χ4v) is 5.71. The standard InChI is InChI=1S/C30H31F2N5O7/c1-16(38)33-12-20-14-37(30(42)44-20)19-4-5-25(23(31)10-19)43-9-7-17-6-8-35(13-17)28-24(32)11-21-26(39)22(29(40)41)15-36(18-2-3-18)27(21)34-28/h4-5,10-11,15,17-18,20H,2-3,6-9,12-14H2,1H3,(H,33,38)(H,40,41)/t17?,20-/m0/s1. The highest BCUT2D eigenvalue weighted by Crippen LogP contribution is 2.37. The van der Waals surface area contributed by atoms with Gasteiger partial charge in [0.15, 0.2) is 23.2 Å². The van der Waals surface area contributed by atoms with Gasteiger partial charge in [-0.15, -0.1) is 0 Å². The number of halogens is 2. The van der Waals surface area contributed by atoms with E-state index in [1.807, 2.05) is 0 Å². The van der Waals surface area contributed by atoms with Crippen LogP contribution in [0.3, 0.4) is 0 Å². The summed E-state index contributed by atoms with van der Waals surface area (Å²) in [7, 11) is 0. The first kappa shape index (κ1) is 29.3. The molecular weight excluding hydrogens is 580 g/mol. The van der Waals surface area contributed by atoms with E-state index in [0.29, 0.717) is 25.2 Å². The average molecular weight is 612 g/mol. The molecule has 2 atom stereocenters. The number of ether oxygens (including phenoxy) is 2. The number of nitrogens with one attached hydrogen (secondary N) is 1. The molecule has 2 aliphatic heterocycles. The molecule has 6 rings (SSSR count). The van der Waals surface area contributed by atoms with E-state index < -0.39 is 40.8 Å². The maximum Gasteiger partial charge on any atom is 0.414 e. The molecule has 1 aromatic carbocycles. The van der Waals surface area contributed by atoms with Crippen molar-refractivity contribution in [2.24, 2.45) is 5.92 Å². The summed E-state index contributed by atoms with van der Waals surface area (Å²) < 4.78 is 42.7. The fourth-order valence-electron chi connectivity index (χ4n) is 5.71. The van der Waals surface area contributed by atoms with Crippen molar-refractivity contribution >= 4 is 40.5 Å². The number of nitrogens with zero attached hydrogens (tertiary/aromatic N) is 4. The molecule has 44 heavy (non-hydrogen) atoms. The van der Waals surface area contributed by atoms with E-state index in [1.165, 1.54) is 30.2 Å². The molecule has 2 amide bonds. The SMILES string of the molecule is CC(=O)NC[C@H]1CN(c2ccc(OCCC3CCN(c4nc5c(cc4F)c(=O)c(C(=O)O)cn5C4CC4)C3)c(F)c2)C(=O)O1. The first-order valence-corrected chi connectivity index (χ1v) is 14.5. The Bertz CT molecular complexity index is 1710. The first-order valence-electron chi connectivity index (χ1n) is 14.5. The molecule has 1 aliphatic carbocycles. The zero-order valence-electron chi connectivity index (χ0n) is 23.9. The van der Waals surface area contributed by atoms with Crippen molar-refractivity contribution in [3.8, 4) is 5.75 Å². The van der Waals surface area contributed by atoms with Crippen LogP contribution in [0.2, 0.25) is 0 Å². The third-order valence-electron chi connectivity index (χ3n) is 8.16. The van der Waals surface area contributed by atoms with Crippen molar-refractivity contribution in [1.29, 1.82) is 0 Å². The average Bonchev–Trinajstić information content (AvgIpc) is 3.60. The highest BCUT2D eigenvalue weighted by atomic mass is 19.1. The Kier molecular flexibility index (Phi) is 7.82. The number of carboxylic acid groups (broad SMARTS) is 1. The van der Waals surface area contributed by atoms with Gasteiger partial charge in [-0.2, -0.15) is 0 Å². The van der Waals surface area contributed by atoms with Crippen molar-refractivity contribution in [3.63, 3.8) is 0 Å². The van der Waals surface area contributed by atoms with Crippen LogP contribution < -0.4 is 25.3 Å². The van der Waals surface area contributed by atoms with E-state index in [2.05, 4.69) is 10.3 Å². The summed E-state index contributed by atoms with van der Waals surface area (Å²) in [5.41, 5.74) is -0.579. The number of carbonyl (C=O) groups is 3. The molecule has 232 valence electrons. The van der Waals surface area contributed by atoms with Gasteiger partial charge in [0.2, 0.25) is 11.3 Å². The normalized spacial score (nSPS) is 19.8. The topological polar surface area (TPSA) is 143 Å². The molecule has 0 bridgehead atoms. The lowest BCUT2D eigenvalue weighted by Gasteiger charge is -2.20. The Labute approximate surface area is 250 Å². The summed E-state index contributed by atoms with van der Waals surface area (Å²) in [6, 6.07) is 5.31. The number of fused-ring (bicyclic) bond motifs is 1. The Morgan fingerprint density at radius 3 is 2.64 bits per heavy atom. The zero-order chi connectivity index (χ0) is 31.1. The summed E-state index contributed by atoms with van der Waals surface area (Å²) in [6.45, 7) is 2.93. The van der Waals surface area contributed by atoms with Crippen LogP contribution in [0.1, 0.15) is 49.0 Å². The number of anilines is 2. The number of rotatable bonds is 10. The van der Waals surface area contributed by atoms with E-state index in [4.69, 9.17) is 9.47 Å². The summed E-state index contributed by atoms with van der Waals surface area (Å²) in [5.74, 6) is -2.67. The molecule has 2 aromatic heterocycles. The minimum atomic E-state index is -1.36. The van der Waals surface area contributed by atoms with Gasteiger partial charge in [-0.25, -0.2) is 23.4 Å². The maximum absolute atomic E-state index is 15.2. The summed E-state index contributed by atoms with van der Waals surface area (Å²) in [6.07, 6.45) is 3.09. The molecule has 1 saturated carbocycles. The van der Waals surface area contributed by atoms with Crippen molar-refractivity contribution in [2.75, 3.05) is 42.6 Å². The van der Waals surface area contributed by atoms with E-state index in [9.17, 15) is 28.7 Å². The van der Waals surface area contributed by atoms with E-state index in [1.54, 1.807) is 15.5 Å². The smallest absolute Gasteiger partial charge is 0.414 e. The quantitative estimate of drug-likeness (QED) is 0.352. The fraction of sp³-hybridized carbons (Fsp3) is 0.433. The number of pyridine rings is 2. The molecule has 1 unspecified atom stereocenters. The Hall–Kier alpha value is -4.75. The molecule has 2 N–H and O–H groups in total. The second-order valence-electron chi connectivity index (χ2n) is 11.4. The number of cyclic esters (lactones) is 1. The van der Waals surface area contributed by atoms with E-state index >= 15 is 4.39 Å². The van der Waals surface area contributed by atoms with Crippen LogP contribution >= 0.6 is 0 Å². The molecular formula is C30H31F2N5O7. The number of hydrogen-bond acceptors (Lipinski definition) is 8. The maximum atomic E-state index is 15.2. The number of aromatic nitrogens is 2. The van der Waals surface area contributed by atoms with Crippen molar-refractivity contribution in [3.05, 3.63) is 57.9 Å². The molecule has 12 nitrogen and oxygen atoms in total. The van der Waals surface area contributed by atoms with Crippen molar-refractivity contribution in [2.45, 2.75) is 44.8 Å². The highest BCUT2D eigenvalue weighted by Gasteiger charge is 2.33. The summed E-state index contributed by atoms with van der Waals surface area (Å²) >= 11 is 0. The van der Waals surface area contributed by atoms with Crippen LogP contribution in [0.4, 0.5) is 25.1 Å². The number of carbonyl (C=O) groups excluding carboxylic acids is 2. The van der Waals surface area contributed by atoms with Gasteiger partial charge in [0.05, 0.1) is 30.8 Å². The lowest BCUT2D eigenvalue weighted by atomic mass is 10.1. The van der Waals surface area contributed by atoms with Crippen LogP contribution in [0, 0.1) is 17.6 Å². The Morgan fingerprint density at radius 2 is 1.93 bits per heavy atom. The van der Waals surface area contributed by atoms with E-state index in [0.717, 1.165) is 25.3 Å². The van der Waals surface area contributed by atoms with Gasteiger partial charge < -0.3 is 29.4 Å². The minimum Gasteiger partial charge on any atom is -0.491 e. The monoisotopic (exact) mass is 611 g/mol. The third-order valence-corrected chi connectivity index (χ3v) is 8.16. The molecule has 3 aromatic rings. The third kappa shape index (κ3) is 5.88. The molecule has 14 heteroatoms. The lowest BCUT2D eigenvalue weighted by molar-refractivity contribution is -0.119. The second-order valence-corrected chi connectivity index (χ2v) is 11.4. The van der Waals surface area contributed by atoms with Crippen molar-refractivity contribution < 1.29 is 37.7 Å². The van der Waals surface area contributed by atoms with Crippen LogP contribution in [0.25, 0.3) is 11.0 Å². The van der Waals surface area contributed by atoms with Gasteiger partial charge in [0.1, 0.15) is 17.3 Å². The van der Waals surface area contributed by atoms with Gasteiger partial charge in [-0.1, -0.05) is 0 Å². The number of benzene rings is 1. The van der Waals surface area contributed by atoms with Gasteiger partial charge in [-0.05, 0) is 49.8 Å². The first-order chi connectivity index (χ1) is 21.1. The van der Waals surface area contributed by atoms with Crippen molar-refractivity contribution in [1.82, 2.24) is 14.9 Å². The molecule has 0 spiro atoms. The van der Waals surface area contributed by atoms with Crippen LogP contribution in [-0.4, -0.2) is 71.5 Å². The molecule has 0 radical (unpaired) electrons. The van der Waals surface area contributed by atoms with Gasteiger partial charge in [0, 0.05) is 38.3 Å². The van der Waals surface area contributed by atoms with Crippen LogP contribution in [-0.2, 0) is 9.53 Å². The molecule has 2 saturated heterocycles. The van der Waals surface area contributed by atoms with E-state index in [-0.39, 0.29) is 60.2 Å². The number of aromatic carboxylic acids is 1. The number of carboxylic acids is 1. The summed E-state index contributed by atoms with van der Waals surface area (Å²) in [4.78, 5) is 55.3. The highest BCUT2D eigenvalue weighted by molar-refractivity contribution is 5.92.